The van der Waals surface area contributed by atoms with Gasteiger partial charge in [-0.15, -0.1) is 0 Å². The Balaban J connectivity index is 1.08. The topological polar surface area (TPSA) is 60.8 Å². The second-order valence-corrected chi connectivity index (χ2v) is 11.1. The third-order valence-electron chi connectivity index (χ3n) is 8.75. The highest BCUT2D eigenvalue weighted by Gasteiger charge is 2.29. The molecule has 3 amide bonds. The number of aromatic nitrogens is 1. The molecular formula is C30H36FN5O2. The second kappa shape index (κ2) is 10.4. The summed E-state index contributed by atoms with van der Waals surface area (Å²) in [4.78, 5) is 30.3. The van der Waals surface area contributed by atoms with Gasteiger partial charge in [-0.1, -0.05) is 18.2 Å². The van der Waals surface area contributed by atoms with Crippen molar-refractivity contribution in [3.05, 3.63) is 60.0 Å². The number of carbonyl (C=O) groups is 2. The number of aryl methyl sites for hydroxylation is 1. The van der Waals surface area contributed by atoms with Crippen molar-refractivity contribution in [3.63, 3.8) is 0 Å². The van der Waals surface area contributed by atoms with Crippen molar-refractivity contribution >= 4 is 34.2 Å². The highest BCUT2D eigenvalue weighted by molar-refractivity contribution is 6.06. The molecule has 3 fully saturated rings. The van der Waals surface area contributed by atoms with E-state index in [2.05, 4.69) is 56.1 Å². The highest BCUT2D eigenvalue weighted by Crippen LogP contribution is 2.35. The molecular weight excluding hydrogens is 481 g/mol. The lowest BCUT2D eigenvalue weighted by atomic mass is 9.91. The van der Waals surface area contributed by atoms with Gasteiger partial charge in [-0.2, -0.15) is 0 Å². The average Bonchev–Trinajstić information content (AvgIpc) is 3.25. The minimum atomic E-state index is -0.563. The Morgan fingerprint density at radius 3 is 2.37 bits per heavy atom. The van der Waals surface area contributed by atoms with Gasteiger partial charge in [0, 0.05) is 62.3 Å². The molecule has 6 rings (SSSR count). The van der Waals surface area contributed by atoms with Crippen LogP contribution in [0.2, 0.25) is 0 Å². The molecule has 0 bridgehead atoms. The molecule has 4 heterocycles. The van der Waals surface area contributed by atoms with Gasteiger partial charge in [-0.3, -0.25) is 15.0 Å². The summed E-state index contributed by atoms with van der Waals surface area (Å²) in [5, 5.41) is 3.14. The number of imide groups is 1. The van der Waals surface area contributed by atoms with Crippen molar-refractivity contribution in [2.45, 2.75) is 38.0 Å². The number of benzene rings is 2. The van der Waals surface area contributed by atoms with Crippen LogP contribution in [0.5, 0.6) is 0 Å². The van der Waals surface area contributed by atoms with Crippen molar-refractivity contribution in [2.75, 3.05) is 49.1 Å². The van der Waals surface area contributed by atoms with E-state index in [-0.39, 0.29) is 24.6 Å². The van der Waals surface area contributed by atoms with Crippen molar-refractivity contribution in [3.8, 4) is 0 Å². The molecule has 0 saturated carbocycles. The number of halogens is 1. The number of hydrogen-bond donors (Lipinski definition) is 1. The number of likely N-dealkylation sites (tertiary alicyclic amines) is 1. The van der Waals surface area contributed by atoms with E-state index in [9.17, 15) is 9.59 Å². The fourth-order valence-corrected chi connectivity index (χ4v) is 6.55. The van der Waals surface area contributed by atoms with Crippen molar-refractivity contribution < 1.29 is 14.0 Å². The van der Waals surface area contributed by atoms with Gasteiger partial charge in [-0.25, -0.2) is 9.18 Å². The lowest BCUT2D eigenvalue weighted by molar-refractivity contribution is -0.120. The summed E-state index contributed by atoms with van der Waals surface area (Å²) in [6, 6.07) is 15.6. The number of rotatable bonds is 5. The van der Waals surface area contributed by atoms with E-state index in [4.69, 9.17) is 0 Å². The van der Waals surface area contributed by atoms with E-state index in [1.807, 2.05) is 7.05 Å². The minimum Gasteiger partial charge on any atom is -0.372 e. The van der Waals surface area contributed by atoms with E-state index in [0.29, 0.717) is 5.92 Å². The minimum absolute atomic E-state index is 0.173. The van der Waals surface area contributed by atoms with Gasteiger partial charge in [0.05, 0.1) is 11.2 Å². The zero-order valence-electron chi connectivity index (χ0n) is 22.0. The van der Waals surface area contributed by atoms with E-state index in [1.54, 1.807) is 6.07 Å². The number of urea groups is 1. The first-order valence-corrected chi connectivity index (χ1v) is 13.9. The van der Waals surface area contributed by atoms with Crippen LogP contribution >= 0.6 is 0 Å². The first kappa shape index (κ1) is 24.9. The largest absolute Gasteiger partial charge is 0.372 e. The van der Waals surface area contributed by atoms with Gasteiger partial charge in [0.2, 0.25) is 5.91 Å². The SMILES string of the molecule is Cn1c(C2CCN(CC3CCN(c4ccccc4)CC3)CC2)cc2cc(F)c(N3CCC(=O)NC3=O)cc21. The number of nitrogens with zero attached hydrogens (tertiary/aromatic N) is 4. The van der Waals surface area contributed by atoms with Crippen LogP contribution in [0.1, 0.15) is 43.7 Å². The molecule has 0 unspecified atom stereocenters. The number of anilines is 2. The molecule has 0 atom stereocenters. The Labute approximate surface area is 223 Å². The van der Waals surface area contributed by atoms with Gasteiger partial charge >= 0.3 is 6.03 Å². The average molecular weight is 518 g/mol. The number of fused-ring (bicyclic) bond motifs is 1. The van der Waals surface area contributed by atoms with Gasteiger partial charge in [-0.05, 0) is 75.0 Å². The molecule has 0 radical (unpaired) electrons. The Morgan fingerprint density at radius 1 is 0.921 bits per heavy atom. The zero-order chi connectivity index (χ0) is 26.2. The molecule has 3 aromatic rings. The van der Waals surface area contributed by atoms with Crippen molar-refractivity contribution in [2.24, 2.45) is 13.0 Å². The van der Waals surface area contributed by atoms with Crippen LogP contribution in [0.25, 0.3) is 10.9 Å². The van der Waals surface area contributed by atoms with Crippen LogP contribution in [0.4, 0.5) is 20.6 Å². The molecule has 3 aliphatic heterocycles. The number of amides is 3. The predicted octanol–water partition coefficient (Wildman–Crippen LogP) is 4.86. The Kier molecular flexibility index (Phi) is 6.82. The number of para-hydroxylation sites is 1. The number of piperidine rings is 2. The number of hydrogen-bond acceptors (Lipinski definition) is 4. The Bertz CT molecular complexity index is 1320. The summed E-state index contributed by atoms with van der Waals surface area (Å²) in [5.41, 5.74) is 3.70. The van der Waals surface area contributed by atoms with Gasteiger partial charge in [0.1, 0.15) is 5.82 Å². The van der Waals surface area contributed by atoms with Gasteiger partial charge in [0.15, 0.2) is 0 Å². The lowest BCUT2D eigenvalue weighted by Gasteiger charge is -2.38. The summed E-state index contributed by atoms with van der Waals surface area (Å²) in [6.45, 7) is 5.82. The molecule has 200 valence electrons. The third kappa shape index (κ3) is 4.89. The maximum absolute atomic E-state index is 15.0. The van der Waals surface area contributed by atoms with Crippen molar-refractivity contribution in [1.82, 2.24) is 14.8 Å². The molecule has 0 aliphatic carbocycles. The maximum atomic E-state index is 15.0. The highest BCUT2D eigenvalue weighted by atomic mass is 19.1. The summed E-state index contributed by atoms with van der Waals surface area (Å²) in [5.74, 6) is 0.434. The zero-order valence-corrected chi connectivity index (χ0v) is 22.0. The first-order chi connectivity index (χ1) is 18.5. The summed E-state index contributed by atoms with van der Waals surface area (Å²) < 4.78 is 17.2. The monoisotopic (exact) mass is 517 g/mol. The van der Waals surface area contributed by atoms with E-state index in [0.717, 1.165) is 55.8 Å². The predicted molar refractivity (Wildman–Crippen MR) is 148 cm³/mol. The van der Waals surface area contributed by atoms with Crippen LogP contribution in [0, 0.1) is 11.7 Å². The van der Waals surface area contributed by atoms with Crippen LogP contribution < -0.4 is 15.1 Å². The smallest absolute Gasteiger partial charge is 0.328 e. The Hall–Kier alpha value is -3.39. The van der Waals surface area contributed by atoms with Crippen LogP contribution in [0.15, 0.2) is 48.5 Å². The maximum Gasteiger partial charge on any atom is 0.328 e. The normalized spacial score (nSPS) is 20.4. The van der Waals surface area contributed by atoms with E-state index < -0.39 is 11.8 Å². The third-order valence-corrected chi connectivity index (χ3v) is 8.75. The van der Waals surface area contributed by atoms with Crippen molar-refractivity contribution in [1.29, 1.82) is 0 Å². The molecule has 2 aromatic carbocycles. The number of carbonyl (C=O) groups excluding carboxylic acids is 2. The standard InChI is InChI=1S/C30H36FN5O2/c1-33-26(18-23-17-25(31)28(19-27(23)33)36-16-11-29(37)32-30(36)38)22-9-12-34(13-10-22)20-21-7-14-35(15-8-21)24-5-3-2-4-6-24/h2-6,17-19,21-22H,7-16,20H2,1H3,(H,32,37,38). The summed E-state index contributed by atoms with van der Waals surface area (Å²) >= 11 is 0. The molecule has 7 nitrogen and oxygen atoms in total. The fraction of sp³-hybridized carbons (Fsp3) is 0.467. The summed E-state index contributed by atoms with van der Waals surface area (Å²) in [7, 11) is 2.03. The van der Waals surface area contributed by atoms with Crippen LogP contribution in [0.3, 0.4) is 0 Å². The first-order valence-electron chi connectivity index (χ1n) is 13.9. The van der Waals surface area contributed by atoms with Crippen LogP contribution in [-0.2, 0) is 11.8 Å². The number of nitrogens with one attached hydrogen (secondary N) is 1. The second-order valence-electron chi connectivity index (χ2n) is 11.1. The molecule has 0 spiro atoms. The molecule has 1 N–H and O–H groups in total. The lowest BCUT2D eigenvalue weighted by Crippen LogP contribution is -2.49. The van der Waals surface area contributed by atoms with E-state index in [1.165, 1.54) is 41.7 Å². The fourth-order valence-electron chi connectivity index (χ4n) is 6.55. The van der Waals surface area contributed by atoms with Gasteiger partial charge < -0.3 is 14.4 Å². The molecule has 3 aliphatic rings. The molecule has 38 heavy (non-hydrogen) atoms. The van der Waals surface area contributed by atoms with E-state index >= 15 is 4.39 Å². The quantitative estimate of drug-likeness (QED) is 0.525. The molecule has 8 heteroatoms. The van der Waals surface area contributed by atoms with Gasteiger partial charge in [0.25, 0.3) is 0 Å². The molecule has 3 saturated heterocycles. The Morgan fingerprint density at radius 2 is 1.66 bits per heavy atom. The molecule has 1 aromatic heterocycles. The van der Waals surface area contributed by atoms with Crippen LogP contribution in [-0.4, -0.2) is 60.7 Å². The summed E-state index contributed by atoms with van der Waals surface area (Å²) in [6.07, 6.45) is 4.86.